The zero-order valence-electron chi connectivity index (χ0n) is 16.9. The number of carbonyl (C=O) groups excluding carboxylic acids is 2. The fourth-order valence-electron chi connectivity index (χ4n) is 2.62. The third-order valence-corrected chi connectivity index (χ3v) is 4.21. The number of esters is 1. The normalized spacial score (nSPS) is 11.6. The zero-order chi connectivity index (χ0) is 20.3. The molecule has 0 aromatic heterocycles. The number of unbranched alkanes of at least 4 members (excludes halogenated alkanes) is 4. The minimum Gasteiger partial charge on any atom is -0.462 e. The molecule has 0 spiro atoms. The van der Waals surface area contributed by atoms with Crippen molar-refractivity contribution < 1.29 is 14.3 Å². The van der Waals surface area contributed by atoms with Crippen LogP contribution in [0.4, 0.5) is 0 Å². The summed E-state index contributed by atoms with van der Waals surface area (Å²) in [7, 11) is 1.63. The van der Waals surface area contributed by atoms with Crippen molar-refractivity contribution in [2.24, 2.45) is 5.84 Å². The summed E-state index contributed by atoms with van der Waals surface area (Å²) in [4.78, 5) is 25.3. The van der Waals surface area contributed by atoms with E-state index in [0.29, 0.717) is 0 Å². The predicted molar refractivity (Wildman–Crippen MR) is 107 cm³/mol. The molecule has 0 aromatic rings. The van der Waals surface area contributed by atoms with Gasteiger partial charge in [-0.05, 0) is 25.7 Å². The van der Waals surface area contributed by atoms with Crippen LogP contribution in [0.25, 0.3) is 0 Å². The van der Waals surface area contributed by atoms with E-state index in [0.717, 1.165) is 57.9 Å². The fraction of sp³-hybridized carbons (Fsp3) is 0.789. The van der Waals surface area contributed by atoms with E-state index in [2.05, 4.69) is 29.3 Å². The summed E-state index contributed by atoms with van der Waals surface area (Å²) in [5.41, 5.74) is 7.86. The highest BCUT2D eigenvalue weighted by atomic mass is 16.5. The van der Waals surface area contributed by atoms with E-state index in [1.54, 1.807) is 7.05 Å². The molecular formula is C19H37N5O3. The first-order chi connectivity index (χ1) is 13.0. The van der Waals surface area contributed by atoms with E-state index < -0.39 is 0 Å². The summed E-state index contributed by atoms with van der Waals surface area (Å²) >= 11 is 0. The molecule has 0 rings (SSSR count). The number of nitrogens with one attached hydrogen (secondary N) is 3. The van der Waals surface area contributed by atoms with Crippen LogP contribution in [0.1, 0.15) is 71.1 Å². The topological polar surface area (TPSA) is 109 Å². The molecule has 0 aliphatic carbocycles. The number of amides is 1. The number of rotatable bonds is 17. The van der Waals surface area contributed by atoms with Gasteiger partial charge in [0.05, 0.1) is 13.0 Å². The van der Waals surface area contributed by atoms with Gasteiger partial charge in [-0.3, -0.25) is 15.4 Å². The molecule has 1 atom stereocenters. The second-order valence-corrected chi connectivity index (χ2v) is 6.61. The highest BCUT2D eigenvalue weighted by Gasteiger charge is 2.16. The van der Waals surface area contributed by atoms with Crippen LogP contribution in [0.2, 0.25) is 0 Å². The Hall–Kier alpha value is -1.66. The highest BCUT2D eigenvalue weighted by molar-refractivity contribution is 5.81. The van der Waals surface area contributed by atoms with Crippen LogP contribution < -0.4 is 22.3 Å². The summed E-state index contributed by atoms with van der Waals surface area (Å²) in [6, 6.07) is 0. The molecular weight excluding hydrogens is 346 g/mol. The van der Waals surface area contributed by atoms with Gasteiger partial charge in [-0.25, -0.2) is 5.43 Å². The number of hydrazine groups is 3. The van der Waals surface area contributed by atoms with Crippen molar-refractivity contribution in [3.63, 3.8) is 0 Å². The quantitative estimate of drug-likeness (QED) is 0.0988. The van der Waals surface area contributed by atoms with E-state index in [-0.39, 0.29) is 37.4 Å². The fourth-order valence-corrected chi connectivity index (χ4v) is 2.62. The molecule has 1 amide bonds. The minimum atomic E-state index is -0.303. The first-order valence-corrected chi connectivity index (χ1v) is 9.85. The Bertz CT molecular complexity index is 440. The zero-order valence-corrected chi connectivity index (χ0v) is 16.9. The van der Waals surface area contributed by atoms with Gasteiger partial charge in [0.15, 0.2) is 0 Å². The number of ether oxygens (including phenoxy) is 1. The first-order valence-electron chi connectivity index (χ1n) is 9.85. The Labute approximate surface area is 163 Å². The molecule has 8 nitrogen and oxygen atoms in total. The van der Waals surface area contributed by atoms with Crippen molar-refractivity contribution in [1.82, 2.24) is 21.4 Å². The maximum atomic E-state index is 12.1. The van der Waals surface area contributed by atoms with Gasteiger partial charge in [-0.1, -0.05) is 38.5 Å². The molecule has 5 N–H and O–H groups in total. The maximum absolute atomic E-state index is 12.1. The SMILES string of the molecule is C#CCN(C)C(=O)CCC(=O)OC(CCCC)CCCCCCNNNN. The highest BCUT2D eigenvalue weighted by Crippen LogP contribution is 2.15. The third kappa shape index (κ3) is 15.1. The summed E-state index contributed by atoms with van der Waals surface area (Å²) in [5.74, 6) is 7.05. The summed E-state index contributed by atoms with van der Waals surface area (Å²) in [6.07, 6.45) is 13.5. The van der Waals surface area contributed by atoms with Gasteiger partial charge in [0.25, 0.3) is 0 Å². The number of carbonyl (C=O) groups is 2. The monoisotopic (exact) mass is 383 g/mol. The summed E-state index contributed by atoms with van der Waals surface area (Å²) < 4.78 is 5.61. The van der Waals surface area contributed by atoms with E-state index in [4.69, 9.17) is 17.0 Å². The Balaban J connectivity index is 4.04. The number of hydrogen-bond acceptors (Lipinski definition) is 7. The van der Waals surface area contributed by atoms with Gasteiger partial charge in [-0.15, -0.1) is 6.42 Å². The molecule has 0 saturated carbocycles. The van der Waals surface area contributed by atoms with Crippen molar-refractivity contribution in [2.45, 2.75) is 77.2 Å². The van der Waals surface area contributed by atoms with E-state index in [9.17, 15) is 9.59 Å². The summed E-state index contributed by atoms with van der Waals surface area (Å²) in [6.45, 7) is 3.21. The average Bonchev–Trinajstić information content (AvgIpc) is 2.66. The molecule has 0 saturated heterocycles. The van der Waals surface area contributed by atoms with Crippen molar-refractivity contribution in [3.8, 4) is 12.3 Å². The van der Waals surface area contributed by atoms with Gasteiger partial charge < -0.3 is 9.64 Å². The second kappa shape index (κ2) is 17.7. The number of nitrogens with zero attached hydrogens (tertiary/aromatic N) is 1. The Morgan fingerprint density at radius 3 is 2.52 bits per heavy atom. The van der Waals surface area contributed by atoms with E-state index >= 15 is 0 Å². The Morgan fingerprint density at radius 1 is 1.15 bits per heavy atom. The maximum Gasteiger partial charge on any atom is 0.306 e. The average molecular weight is 384 g/mol. The van der Waals surface area contributed by atoms with Crippen molar-refractivity contribution >= 4 is 11.9 Å². The van der Waals surface area contributed by atoms with E-state index in [1.807, 2.05) is 0 Å². The molecule has 27 heavy (non-hydrogen) atoms. The molecule has 0 aromatic carbocycles. The van der Waals surface area contributed by atoms with Crippen LogP contribution in [-0.4, -0.2) is 43.0 Å². The first kappa shape index (κ1) is 25.3. The number of nitrogens with two attached hydrogens (primary N) is 1. The van der Waals surface area contributed by atoms with Crippen LogP contribution in [-0.2, 0) is 14.3 Å². The molecule has 0 heterocycles. The van der Waals surface area contributed by atoms with Crippen LogP contribution >= 0.6 is 0 Å². The lowest BCUT2D eigenvalue weighted by Crippen LogP contribution is -2.47. The largest absolute Gasteiger partial charge is 0.462 e. The second-order valence-electron chi connectivity index (χ2n) is 6.61. The van der Waals surface area contributed by atoms with Crippen LogP contribution in [0.15, 0.2) is 0 Å². The molecule has 156 valence electrons. The van der Waals surface area contributed by atoms with Crippen LogP contribution in [0.3, 0.4) is 0 Å². The molecule has 0 fully saturated rings. The Morgan fingerprint density at radius 2 is 1.85 bits per heavy atom. The lowest BCUT2D eigenvalue weighted by Gasteiger charge is -2.18. The van der Waals surface area contributed by atoms with Gasteiger partial charge >= 0.3 is 5.97 Å². The predicted octanol–water partition coefficient (Wildman–Crippen LogP) is 1.38. The lowest BCUT2D eigenvalue weighted by molar-refractivity contribution is -0.151. The van der Waals surface area contributed by atoms with Gasteiger partial charge in [0, 0.05) is 20.0 Å². The van der Waals surface area contributed by atoms with Crippen LogP contribution in [0, 0.1) is 12.3 Å². The van der Waals surface area contributed by atoms with E-state index in [1.165, 1.54) is 4.90 Å². The van der Waals surface area contributed by atoms with Gasteiger partial charge in [0.2, 0.25) is 5.91 Å². The van der Waals surface area contributed by atoms with Crippen molar-refractivity contribution in [3.05, 3.63) is 0 Å². The molecule has 0 aliphatic rings. The third-order valence-electron chi connectivity index (χ3n) is 4.21. The number of terminal acetylenes is 1. The van der Waals surface area contributed by atoms with Crippen LogP contribution in [0.5, 0.6) is 0 Å². The molecule has 8 heteroatoms. The Kier molecular flexibility index (Phi) is 16.6. The minimum absolute atomic E-state index is 0.0581. The molecule has 1 unspecified atom stereocenters. The number of hydrogen-bond donors (Lipinski definition) is 4. The molecule has 0 radical (unpaired) electrons. The lowest BCUT2D eigenvalue weighted by atomic mass is 10.0. The van der Waals surface area contributed by atoms with Crippen molar-refractivity contribution in [1.29, 1.82) is 0 Å². The van der Waals surface area contributed by atoms with Gasteiger partial charge in [-0.2, -0.15) is 11.1 Å². The van der Waals surface area contributed by atoms with Gasteiger partial charge in [0.1, 0.15) is 6.10 Å². The summed E-state index contributed by atoms with van der Waals surface area (Å²) in [5, 5.41) is 0. The molecule has 0 bridgehead atoms. The van der Waals surface area contributed by atoms with Crippen molar-refractivity contribution in [2.75, 3.05) is 20.1 Å². The smallest absolute Gasteiger partial charge is 0.306 e. The molecule has 0 aliphatic heterocycles. The standard InChI is InChI=1S/C19H37N5O3/c1-4-6-11-17(12-9-7-8-10-15-21-23-22-20)27-19(26)14-13-18(25)24(3)16-5-2/h2,17,21-23H,4,6-16,20H2,1,3H3.